The molecular formula is C29H21BrN2O7. The highest BCUT2D eigenvalue weighted by Crippen LogP contribution is 2.56. The van der Waals surface area contributed by atoms with Gasteiger partial charge in [-0.05, 0) is 59.3 Å². The van der Waals surface area contributed by atoms with E-state index >= 15 is 0 Å². The predicted molar refractivity (Wildman–Crippen MR) is 143 cm³/mol. The molecule has 196 valence electrons. The summed E-state index contributed by atoms with van der Waals surface area (Å²) in [5, 5.41) is 22.1. The fourth-order valence-electron chi connectivity index (χ4n) is 6.45. The molecule has 0 aromatic heterocycles. The molecule has 2 amide bonds. The first-order chi connectivity index (χ1) is 18.6. The number of nitro groups is 1. The maximum absolute atomic E-state index is 13.9. The highest BCUT2D eigenvalue weighted by atomic mass is 79.9. The Hall–Kier alpha value is -4.18. The van der Waals surface area contributed by atoms with Crippen LogP contribution < -0.4 is 4.90 Å². The predicted octanol–water partition coefficient (Wildman–Crippen LogP) is 4.58. The average Bonchev–Trinajstić information content (AvgIpc) is 3.17. The number of benzene rings is 2. The molecule has 4 aliphatic rings. The molecule has 1 saturated heterocycles. The summed E-state index contributed by atoms with van der Waals surface area (Å²) in [4.78, 5) is 65.5. The number of imide groups is 1. The maximum atomic E-state index is 13.9. The number of phenols is 1. The van der Waals surface area contributed by atoms with Gasteiger partial charge in [0, 0.05) is 40.8 Å². The Kier molecular flexibility index (Phi) is 5.76. The number of fused-ring (bicyclic) bond motifs is 3. The van der Waals surface area contributed by atoms with Gasteiger partial charge in [-0.25, -0.2) is 0 Å². The number of carbonyl (C=O) groups is 4. The quantitative estimate of drug-likeness (QED) is 0.182. The number of nitrogens with zero attached hydrogens (tertiary/aromatic N) is 2. The Morgan fingerprint density at radius 1 is 1.03 bits per heavy atom. The van der Waals surface area contributed by atoms with Gasteiger partial charge in [0.05, 0.1) is 26.9 Å². The third-order valence-electron chi connectivity index (χ3n) is 8.23. The smallest absolute Gasteiger partial charge is 0.269 e. The van der Waals surface area contributed by atoms with E-state index in [1.807, 2.05) is 6.08 Å². The van der Waals surface area contributed by atoms with Crippen LogP contribution in [-0.2, 0) is 19.2 Å². The van der Waals surface area contributed by atoms with Crippen LogP contribution >= 0.6 is 15.9 Å². The van der Waals surface area contributed by atoms with Crippen molar-refractivity contribution < 1.29 is 29.2 Å². The average molecular weight is 589 g/mol. The molecule has 1 heterocycles. The zero-order valence-electron chi connectivity index (χ0n) is 20.6. The lowest BCUT2D eigenvalue weighted by molar-refractivity contribution is -0.384. The fraction of sp³-hybridized carbons (Fsp3) is 0.241. The summed E-state index contributed by atoms with van der Waals surface area (Å²) < 4.78 is 0.125. The number of rotatable bonds is 3. The number of anilines is 1. The molecular weight excluding hydrogens is 568 g/mol. The van der Waals surface area contributed by atoms with Crippen molar-refractivity contribution in [3.63, 3.8) is 0 Å². The monoisotopic (exact) mass is 588 g/mol. The Morgan fingerprint density at radius 3 is 2.44 bits per heavy atom. The molecule has 2 aromatic carbocycles. The summed E-state index contributed by atoms with van der Waals surface area (Å²) in [7, 11) is 0. The van der Waals surface area contributed by atoms with Gasteiger partial charge in [0.15, 0.2) is 11.6 Å². The van der Waals surface area contributed by atoms with E-state index in [0.29, 0.717) is 11.1 Å². The number of carbonyl (C=O) groups excluding carboxylic acids is 4. The van der Waals surface area contributed by atoms with Crippen molar-refractivity contribution in [2.75, 3.05) is 4.90 Å². The van der Waals surface area contributed by atoms with Crippen LogP contribution in [0.5, 0.6) is 5.75 Å². The van der Waals surface area contributed by atoms with Crippen LogP contribution in [0.1, 0.15) is 29.9 Å². The molecule has 1 N–H and O–H groups in total. The lowest BCUT2D eigenvalue weighted by Crippen LogP contribution is -2.39. The third-order valence-corrected chi connectivity index (χ3v) is 8.82. The van der Waals surface area contributed by atoms with E-state index in [4.69, 9.17) is 0 Å². The van der Waals surface area contributed by atoms with E-state index < -0.39 is 40.4 Å². The minimum atomic E-state index is -0.788. The number of allylic oxidation sites excluding steroid dienone is 6. The summed E-state index contributed by atoms with van der Waals surface area (Å²) in [6.07, 6.45) is 3.47. The minimum Gasteiger partial charge on any atom is -0.507 e. The van der Waals surface area contributed by atoms with Gasteiger partial charge in [-0.1, -0.05) is 29.8 Å². The van der Waals surface area contributed by atoms with E-state index in [0.717, 1.165) is 10.5 Å². The number of phenolic OH excluding ortho intramolecular Hbond substituents is 1. The third kappa shape index (κ3) is 3.65. The molecule has 0 spiro atoms. The molecule has 2 aromatic rings. The number of hydrogen-bond acceptors (Lipinski definition) is 7. The van der Waals surface area contributed by atoms with E-state index in [2.05, 4.69) is 15.9 Å². The lowest BCUT2D eigenvalue weighted by atomic mass is 9.59. The van der Waals surface area contributed by atoms with Crippen molar-refractivity contribution in [3.05, 3.63) is 97.1 Å². The number of hydrogen-bond donors (Lipinski definition) is 1. The van der Waals surface area contributed by atoms with Gasteiger partial charge in [0.2, 0.25) is 11.8 Å². The number of ketones is 2. The summed E-state index contributed by atoms with van der Waals surface area (Å²) >= 11 is 3.20. The Balaban J connectivity index is 1.47. The van der Waals surface area contributed by atoms with Crippen LogP contribution in [0.2, 0.25) is 0 Å². The second-order valence-corrected chi connectivity index (χ2v) is 11.0. The summed E-state index contributed by atoms with van der Waals surface area (Å²) in [6, 6.07) is 10.5. The summed E-state index contributed by atoms with van der Waals surface area (Å²) in [6.45, 7) is 1.74. The summed E-state index contributed by atoms with van der Waals surface area (Å²) in [5.74, 6) is -4.31. The number of nitro benzene ring substituents is 1. The first-order valence-corrected chi connectivity index (χ1v) is 13.2. The zero-order chi connectivity index (χ0) is 27.7. The van der Waals surface area contributed by atoms with Crippen molar-refractivity contribution in [3.8, 4) is 5.75 Å². The molecule has 10 heteroatoms. The van der Waals surface area contributed by atoms with E-state index in [1.54, 1.807) is 25.1 Å². The molecule has 4 unspecified atom stereocenters. The highest BCUT2D eigenvalue weighted by molar-refractivity contribution is 9.12. The number of non-ortho nitro benzene ring substituents is 1. The van der Waals surface area contributed by atoms with Gasteiger partial charge in [0.25, 0.3) is 5.69 Å². The van der Waals surface area contributed by atoms with Crippen molar-refractivity contribution in [2.45, 2.75) is 25.7 Å². The molecule has 0 bridgehead atoms. The number of amides is 2. The lowest BCUT2D eigenvalue weighted by Gasteiger charge is -2.42. The first-order valence-electron chi connectivity index (χ1n) is 12.4. The Bertz CT molecular complexity index is 1620. The largest absolute Gasteiger partial charge is 0.507 e. The molecule has 39 heavy (non-hydrogen) atoms. The normalized spacial score (nSPS) is 26.2. The highest BCUT2D eigenvalue weighted by Gasteiger charge is 2.57. The SMILES string of the molecule is Cc1cccc(C2C3=CCC4C(=O)N(c5ccc([N+](=O)[O-])cc5)C(=O)C4C3CC3=C2C(=O)C=C(Br)C3=O)c1O. The number of para-hydroxylation sites is 1. The molecule has 6 rings (SSSR count). The molecule has 0 saturated carbocycles. The second kappa shape index (κ2) is 8.94. The van der Waals surface area contributed by atoms with Crippen LogP contribution in [0.25, 0.3) is 0 Å². The Labute approximate surface area is 230 Å². The minimum absolute atomic E-state index is 0.00761. The number of Topliss-reactive ketones (excluding diaryl/α,β-unsaturated/α-hetero) is 1. The van der Waals surface area contributed by atoms with Gasteiger partial charge in [-0.2, -0.15) is 0 Å². The van der Waals surface area contributed by atoms with Gasteiger partial charge < -0.3 is 5.11 Å². The maximum Gasteiger partial charge on any atom is 0.269 e. The van der Waals surface area contributed by atoms with Gasteiger partial charge in [-0.15, -0.1) is 0 Å². The van der Waals surface area contributed by atoms with E-state index in [1.165, 1.54) is 30.3 Å². The zero-order valence-corrected chi connectivity index (χ0v) is 22.2. The standard InChI is InChI=1S/C29H21BrN2O7/c1-13-3-2-4-17(26(13)34)23-16-9-10-18-24(19(16)11-20-25(23)22(33)12-21(30)27(20)35)29(37)31(28(18)36)14-5-7-15(8-6-14)32(38)39/h2-9,12,18-19,23-24,34H,10-11H2,1H3. The Morgan fingerprint density at radius 2 is 1.74 bits per heavy atom. The van der Waals surface area contributed by atoms with Crippen LogP contribution in [0.4, 0.5) is 11.4 Å². The molecule has 4 atom stereocenters. The van der Waals surface area contributed by atoms with E-state index in [9.17, 15) is 34.4 Å². The molecule has 1 aliphatic heterocycles. The van der Waals surface area contributed by atoms with Crippen LogP contribution in [0.15, 0.2) is 75.8 Å². The summed E-state index contributed by atoms with van der Waals surface area (Å²) in [5.41, 5.74) is 2.44. The number of aromatic hydroxyl groups is 1. The van der Waals surface area contributed by atoms with Crippen molar-refractivity contribution in [1.82, 2.24) is 0 Å². The first kappa shape index (κ1) is 25.1. The van der Waals surface area contributed by atoms with Gasteiger partial charge in [-0.3, -0.25) is 34.2 Å². The van der Waals surface area contributed by atoms with Crippen LogP contribution in [0.3, 0.4) is 0 Å². The second-order valence-electron chi connectivity index (χ2n) is 10.2. The van der Waals surface area contributed by atoms with E-state index in [-0.39, 0.29) is 57.2 Å². The molecule has 1 fully saturated rings. The number of aryl methyl sites for hydroxylation is 1. The fourth-order valence-corrected chi connectivity index (χ4v) is 6.90. The van der Waals surface area contributed by atoms with Crippen molar-refractivity contribution in [2.24, 2.45) is 17.8 Å². The van der Waals surface area contributed by atoms with Gasteiger partial charge >= 0.3 is 0 Å². The number of halogens is 1. The van der Waals surface area contributed by atoms with Crippen LogP contribution in [0, 0.1) is 34.8 Å². The van der Waals surface area contributed by atoms with Crippen molar-refractivity contribution >= 4 is 50.7 Å². The van der Waals surface area contributed by atoms with Crippen LogP contribution in [-0.4, -0.2) is 33.4 Å². The topological polar surface area (TPSA) is 135 Å². The van der Waals surface area contributed by atoms with Gasteiger partial charge in [0.1, 0.15) is 5.75 Å². The van der Waals surface area contributed by atoms with Crippen molar-refractivity contribution in [1.29, 1.82) is 0 Å². The molecule has 3 aliphatic carbocycles. The molecule has 9 nitrogen and oxygen atoms in total. The molecule has 0 radical (unpaired) electrons.